The fourth-order valence-corrected chi connectivity index (χ4v) is 2.38. The average molecular weight is 309 g/mol. The zero-order valence-electron chi connectivity index (χ0n) is 13.0. The van der Waals surface area contributed by atoms with Crippen molar-refractivity contribution in [2.75, 3.05) is 32.8 Å². The summed E-state index contributed by atoms with van der Waals surface area (Å²) in [6.45, 7) is 6.77. The quantitative estimate of drug-likeness (QED) is 0.764. The summed E-state index contributed by atoms with van der Waals surface area (Å²) in [5, 5.41) is 5.25. The molecular weight excluding hydrogens is 286 g/mol. The van der Waals surface area contributed by atoms with E-state index in [1.165, 1.54) is 0 Å². The summed E-state index contributed by atoms with van der Waals surface area (Å²) in [6.07, 6.45) is 1.61. The van der Waals surface area contributed by atoms with Gasteiger partial charge in [0.15, 0.2) is 0 Å². The van der Waals surface area contributed by atoms with Gasteiger partial charge in [-0.05, 0) is 26.0 Å². The molecule has 122 valence electrons. The van der Waals surface area contributed by atoms with Crippen LogP contribution in [0.5, 0.6) is 0 Å². The second-order valence-corrected chi connectivity index (χ2v) is 5.52. The first kappa shape index (κ1) is 16.5. The van der Waals surface area contributed by atoms with Crippen molar-refractivity contribution in [1.29, 1.82) is 0 Å². The van der Waals surface area contributed by atoms with Gasteiger partial charge < -0.3 is 19.8 Å². The molecule has 1 unspecified atom stereocenters. The van der Waals surface area contributed by atoms with Crippen LogP contribution >= 0.6 is 0 Å². The van der Waals surface area contributed by atoms with Crippen molar-refractivity contribution in [2.24, 2.45) is 0 Å². The normalized spacial score (nSPS) is 17.2. The van der Waals surface area contributed by atoms with Gasteiger partial charge in [-0.15, -0.1) is 0 Å². The third-order valence-electron chi connectivity index (χ3n) is 3.44. The molecule has 0 aromatic carbocycles. The van der Waals surface area contributed by atoms with Crippen LogP contribution in [-0.2, 0) is 14.3 Å². The fourth-order valence-electron chi connectivity index (χ4n) is 2.38. The second-order valence-electron chi connectivity index (χ2n) is 5.52. The van der Waals surface area contributed by atoms with Gasteiger partial charge in [0.05, 0.1) is 25.5 Å². The van der Waals surface area contributed by atoms with E-state index >= 15 is 0 Å². The Labute approximate surface area is 130 Å². The van der Waals surface area contributed by atoms with Crippen LogP contribution in [-0.4, -0.2) is 55.6 Å². The summed E-state index contributed by atoms with van der Waals surface area (Å²) in [5.74, 6) is -0.472. The molecule has 2 rings (SSSR count). The van der Waals surface area contributed by atoms with Crippen LogP contribution in [0.2, 0.25) is 0 Å². The van der Waals surface area contributed by atoms with Crippen molar-refractivity contribution in [2.45, 2.75) is 25.9 Å². The molecule has 1 saturated heterocycles. The van der Waals surface area contributed by atoms with E-state index in [1.807, 2.05) is 26.0 Å². The Kier molecular flexibility index (Phi) is 5.97. The predicted molar refractivity (Wildman–Crippen MR) is 80.1 cm³/mol. The number of rotatable bonds is 5. The Balaban J connectivity index is 1.95. The summed E-state index contributed by atoms with van der Waals surface area (Å²) in [4.78, 5) is 25.7. The summed E-state index contributed by atoms with van der Waals surface area (Å²) < 4.78 is 10.8. The van der Waals surface area contributed by atoms with Gasteiger partial charge >= 0.3 is 11.8 Å². The van der Waals surface area contributed by atoms with Crippen molar-refractivity contribution < 1.29 is 18.7 Å². The van der Waals surface area contributed by atoms with Gasteiger partial charge in [-0.3, -0.25) is 14.5 Å². The highest BCUT2D eigenvalue weighted by molar-refractivity contribution is 6.35. The topological polar surface area (TPSA) is 83.8 Å². The molecule has 1 aliphatic heterocycles. The standard InChI is InChI=1S/C15H23N3O4/c1-11(2)17-15(20)14(19)16-10-12(13-4-3-7-22-13)18-5-8-21-9-6-18/h3-4,7,11-12H,5-6,8-10H2,1-2H3,(H,16,19)(H,17,20). The molecule has 1 aromatic rings. The third-order valence-corrected chi connectivity index (χ3v) is 3.44. The highest BCUT2D eigenvalue weighted by atomic mass is 16.5. The Bertz CT molecular complexity index is 481. The molecule has 0 bridgehead atoms. The molecule has 1 aromatic heterocycles. The van der Waals surface area contributed by atoms with Crippen molar-refractivity contribution in [3.63, 3.8) is 0 Å². The molecular formula is C15H23N3O4. The van der Waals surface area contributed by atoms with Crippen LogP contribution in [0.1, 0.15) is 25.6 Å². The number of carbonyl (C=O) groups excluding carboxylic acids is 2. The van der Waals surface area contributed by atoms with Gasteiger partial charge in [0, 0.05) is 25.7 Å². The van der Waals surface area contributed by atoms with Crippen LogP contribution in [0.15, 0.2) is 22.8 Å². The van der Waals surface area contributed by atoms with Crippen LogP contribution in [0.3, 0.4) is 0 Å². The number of nitrogens with zero attached hydrogens (tertiary/aromatic N) is 1. The minimum Gasteiger partial charge on any atom is -0.468 e. The molecule has 2 amide bonds. The number of ether oxygens (including phenoxy) is 1. The van der Waals surface area contributed by atoms with Gasteiger partial charge in [-0.2, -0.15) is 0 Å². The maximum atomic E-state index is 11.8. The zero-order valence-corrected chi connectivity index (χ0v) is 13.0. The first-order valence-corrected chi connectivity index (χ1v) is 7.52. The molecule has 1 fully saturated rings. The Morgan fingerprint density at radius 1 is 1.27 bits per heavy atom. The Hall–Kier alpha value is -1.86. The summed E-state index contributed by atoms with van der Waals surface area (Å²) in [6, 6.07) is 3.52. The molecule has 7 heteroatoms. The maximum absolute atomic E-state index is 11.8. The number of amides is 2. The fraction of sp³-hybridized carbons (Fsp3) is 0.600. The van der Waals surface area contributed by atoms with Crippen molar-refractivity contribution in [1.82, 2.24) is 15.5 Å². The van der Waals surface area contributed by atoms with Gasteiger partial charge in [-0.25, -0.2) is 0 Å². The third kappa shape index (κ3) is 4.57. The number of hydrogen-bond acceptors (Lipinski definition) is 5. The number of furan rings is 1. The molecule has 0 saturated carbocycles. The summed E-state index contributed by atoms with van der Waals surface area (Å²) in [5.41, 5.74) is 0. The summed E-state index contributed by atoms with van der Waals surface area (Å²) in [7, 11) is 0. The van der Waals surface area contributed by atoms with E-state index in [0.29, 0.717) is 19.8 Å². The first-order chi connectivity index (χ1) is 10.6. The maximum Gasteiger partial charge on any atom is 0.309 e. The van der Waals surface area contributed by atoms with E-state index < -0.39 is 11.8 Å². The lowest BCUT2D eigenvalue weighted by atomic mass is 10.1. The first-order valence-electron chi connectivity index (χ1n) is 7.52. The van der Waals surface area contributed by atoms with Gasteiger partial charge in [0.1, 0.15) is 5.76 Å². The van der Waals surface area contributed by atoms with Crippen LogP contribution in [0.4, 0.5) is 0 Å². The lowest BCUT2D eigenvalue weighted by Gasteiger charge is -2.33. The molecule has 0 radical (unpaired) electrons. The van der Waals surface area contributed by atoms with Gasteiger partial charge in [0.25, 0.3) is 0 Å². The van der Waals surface area contributed by atoms with Crippen LogP contribution in [0, 0.1) is 0 Å². The minimum absolute atomic E-state index is 0.0710. The minimum atomic E-state index is -0.626. The number of carbonyl (C=O) groups is 2. The molecule has 1 atom stereocenters. The van der Waals surface area contributed by atoms with E-state index in [0.717, 1.165) is 18.8 Å². The highest BCUT2D eigenvalue weighted by Gasteiger charge is 2.26. The lowest BCUT2D eigenvalue weighted by molar-refractivity contribution is -0.139. The van der Waals surface area contributed by atoms with E-state index in [-0.39, 0.29) is 12.1 Å². The van der Waals surface area contributed by atoms with Crippen molar-refractivity contribution in [3.05, 3.63) is 24.2 Å². The Morgan fingerprint density at radius 3 is 2.59 bits per heavy atom. The number of nitrogens with one attached hydrogen (secondary N) is 2. The average Bonchev–Trinajstić information content (AvgIpc) is 3.02. The SMILES string of the molecule is CC(C)NC(=O)C(=O)NCC(c1ccco1)N1CCOCC1. The van der Waals surface area contributed by atoms with Crippen molar-refractivity contribution in [3.8, 4) is 0 Å². The van der Waals surface area contributed by atoms with Gasteiger partial charge in [0.2, 0.25) is 0 Å². The number of hydrogen-bond donors (Lipinski definition) is 2. The lowest BCUT2D eigenvalue weighted by Crippen LogP contribution is -2.47. The monoisotopic (exact) mass is 309 g/mol. The molecule has 0 spiro atoms. The smallest absolute Gasteiger partial charge is 0.309 e. The van der Waals surface area contributed by atoms with E-state index in [2.05, 4.69) is 15.5 Å². The van der Waals surface area contributed by atoms with E-state index in [4.69, 9.17) is 9.15 Å². The van der Waals surface area contributed by atoms with E-state index in [1.54, 1.807) is 6.26 Å². The molecule has 0 aliphatic carbocycles. The molecule has 2 heterocycles. The molecule has 1 aliphatic rings. The largest absolute Gasteiger partial charge is 0.468 e. The highest BCUT2D eigenvalue weighted by Crippen LogP contribution is 2.21. The Morgan fingerprint density at radius 2 is 2.00 bits per heavy atom. The van der Waals surface area contributed by atoms with Crippen molar-refractivity contribution >= 4 is 11.8 Å². The van der Waals surface area contributed by atoms with Gasteiger partial charge in [-0.1, -0.05) is 0 Å². The summed E-state index contributed by atoms with van der Waals surface area (Å²) >= 11 is 0. The number of morpholine rings is 1. The van der Waals surface area contributed by atoms with E-state index in [9.17, 15) is 9.59 Å². The molecule has 2 N–H and O–H groups in total. The van der Waals surface area contributed by atoms with Crippen LogP contribution < -0.4 is 10.6 Å². The molecule has 7 nitrogen and oxygen atoms in total. The predicted octanol–water partition coefficient (Wildman–Crippen LogP) is 0.294. The molecule has 22 heavy (non-hydrogen) atoms. The zero-order chi connectivity index (χ0) is 15.9. The second kappa shape index (κ2) is 7.95. The van der Waals surface area contributed by atoms with Crippen LogP contribution in [0.25, 0.3) is 0 Å².